The number of nitro groups is 1. The summed E-state index contributed by atoms with van der Waals surface area (Å²) >= 11 is 11.8. The molecule has 0 N–H and O–H groups in total. The second-order valence-electron chi connectivity index (χ2n) is 5.31. The summed E-state index contributed by atoms with van der Waals surface area (Å²) in [5, 5.41) is 17.0. The van der Waals surface area contributed by atoms with Gasteiger partial charge < -0.3 is 0 Å². The van der Waals surface area contributed by atoms with Crippen molar-refractivity contribution in [2.75, 3.05) is 5.01 Å². The first-order chi connectivity index (χ1) is 11.9. The molecule has 2 aromatic rings. The number of hydrogen-bond acceptors (Lipinski definition) is 4. The molecule has 0 bridgehead atoms. The molecule has 0 aliphatic carbocycles. The highest BCUT2D eigenvalue weighted by atomic mass is 35.5. The zero-order chi connectivity index (χ0) is 18.1. The minimum absolute atomic E-state index is 0.0378. The fourth-order valence-corrected chi connectivity index (χ4v) is 2.76. The first-order valence-corrected chi connectivity index (χ1v) is 7.93. The molecule has 0 fully saturated rings. The summed E-state index contributed by atoms with van der Waals surface area (Å²) in [6, 6.07) is 11.1. The Hall–Kier alpha value is -2.70. The lowest BCUT2D eigenvalue weighted by Gasteiger charge is -2.11. The molecular weight excluding hydrogens is 365 g/mol. The number of benzene rings is 2. The predicted octanol–water partition coefficient (Wildman–Crippen LogP) is 4.71. The smallest absolute Gasteiger partial charge is 0.267 e. The molecule has 0 aromatic heterocycles. The lowest BCUT2D eigenvalue weighted by molar-refractivity contribution is -0.384. The lowest BCUT2D eigenvalue weighted by Crippen LogP contribution is -2.21. The van der Waals surface area contributed by atoms with E-state index in [0.717, 1.165) is 0 Å². The maximum Gasteiger partial charge on any atom is 0.288 e. The van der Waals surface area contributed by atoms with Crippen LogP contribution in [-0.2, 0) is 4.79 Å². The number of hydrazone groups is 1. The summed E-state index contributed by atoms with van der Waals surface area (Å²) in [6.07, 6.45) is 1.55. The largest absolute Gasteiger partial charge is 0.288 e. The second kappa shape index (κ2) is 6.66. The van der Waals surface area contributed by atoms with E-state index in [-0.39, 0.29) is 16.6 Å². The number of rotatable bonds is 3. The molecule has 1 heterocycles. The number of halogens is 2. The Morgan fingerprint density at radius 3 is 2.64 bits per heavy atom. The molecule has 0 saturated heterocycles. The standard InChI is InChI=1S/C17H11Cl2N3O3/c1-10-14(7-11-5-6-15(19)16(8-11)22(24)25)17(23)21(20-10)13-4-2-3-12(18)9-13/h2-9H,1H3. The Labute approximate surface area is 153 Å². The van der Waals surface area contributed by atoms with E-state index in [1.165, 1.54) is 17.1 Å². The van der Waals surface area contributed by atoms with Crippen molar-refractivity contribution in [3.8, 4) is 0 Å². The van der Waals surface area contributed by atoms with Crippen LogP contribution in [0.5, 0.6) is 0 Å². The van der Waals surface area contributed by atoms with Crippen LogP contribution in [0, 0.1) is 10.1 Å². The van der Waals surface area contributed by atoms with E-state index in [2.05, 4.69) is 5.10 Å². The van der Waals surface area contributed by atoms with Gasteiger partial charge in [-0.25, -0.2) is 0 Å². The summed E-state index contributed by atoms with van der Waals surface area (Å²) in [7, 11) is 0. The third-order valence-electron chi connectivity index (χ3n) is 3.59. The molecule has 3 rings (SSSR count). The van der Waals surface area contributed by atoms with Gasteiger partial charge in [-0.1, -0.05) is 35.3 Å². The summed E-state index contributed by atoms with van der Waals surface area (Å²) in [4.78, 5) is 23.1. The number of anilines is 1. The van der Waals surface area contributed by atoms with E-state index in [0.29, 0.717) is 27.6 Å². The van der Waals surface area contributed by atoms with Crippen molar-refractivity contribution in [1.82, 2.24) is 0 Å². The van der Waals surface area contributed by atoms with Gasteiger partial charge in [0.15, 0.2) is 0 Å². The first kappa shape index (κ1) is 17.1. The highest BCUT2D eigenvalue weighted by molar-refractivity contribution is 6.34. The van der Waals surface area contributed by atoms with Crippen molar-refractivity contribution in [2.24, 2.45) is 5.10 Å². The van der Waals surface area contributed by atoms with Gasteiger partial charge in [-0.3, -0.25) is 14.9 Å². The molecule has 8 heteroatoms. The Morgan fingerprint density at radius 2 is 1.96 bits per heavy atom. The summed E-state index contributed by atoms with van der Waals surface area (Å²) in [6.45, 7) is 1.69. The van der Waals surface area contributed by atoms with Crippen molar-refractivity contribution in [2.45, 2.75) is 6.92 Å². The number of carbonyl (C=O) groups excluding carboxylic acids is 1. The molecule has 0 unspecified atom stereocenters. The summed E-state index contributed by atoms with van der Waals surface area (Å²) in [5.74, 6) is -0.336. The number of nitro benzene ring substituents is 1. The maximum atomic E-state index is 12.7. The molecule has 0 saturated carbocycles. The van der Waals surface area contributed by atoms with Crippen LogP contribution in [0.3, 0.4) is 0 Å². The Morgan fingerprint density at radius 1 is 1.20 bits per heavy atom. The van der Waals surface area contributed by atoms with Gasteiger partial charge in [0.2, 0.25) is 0 Å². The number of hydrogen-bond donors (Lipinski definition) is 0. The van der Waals surface area contributed by atoms with Crippen LogP contribution >= 0.6 is 23.2 Å². The average Bonchev–Trinajstić information content (AvgIpc) is 2.84. The SMILES string of the molecule is CC1=NN(c2cccc(Cl)c2)C(=O)C1=Cc1ccc(Cl)c([N+](=O)[O-])c1. The molecule has 1 amide bonds. The second-order valence-corrected chi connectivity index (χ2v) is 6.15. The van der Waals surface area contributed by atoms with Crippen LogP contribution in [0.2, 0.25) is 10.0 Å². The predicted molar refractivity (Wildman–Crippen MR) is 98.1 cm³/mol. The van der Waals surface area contributed by atoms with Gasteiger partial charge >= 0.3 is 0 Å². The summed E-state index contributed by atoms with van der Waals surface area (Å²) in [5.41, 5.74) is 1.66. The molecule has 1 aliphatic rings. The zero-order valence-corrected chi connectivity index (χ0v) is 14.5. The molecular formula is C17H11Cl2N3O3. The lowest BCUT2D eigenvalue weighted by atomic mass is 10.1. The normalized spacial score (nSPS) is 15.6. The van der Waals surface area contributed by atoms with E-state index in [9.17, 15) is 14.9 Å². The van der Waals surface area contributed by atoms with Crippen molar-refractivity contribution in [3.63, 3.8) is 0 Å². The third kappa shape index (κ3) is 3.40. The van der Waals surface area contributed by atoms with Crippen molar-refractivity contribution >= 4 is 52.3 Å². The molecule has 25 heavy (non-hydrogen) atoms. The van der Waals surface area contributed by atoms with E-state index in [1.54, 1.807) is 43.3 Å². The molecule has 6 nitrogen and oxygen atoms in total. The van der Waals surface area contributed by atoms with Gasteiger partial charge in [0.05, 0.1) is 21.9 Å². The monoisotopic (exact) mass is 375 g/mol. The molecule has 2 aromatic carbocycles. The molecule has 126 valence electrons. The Bertz CT molecular complexity index is 954. The van der Waals surface area contributed by atoms with Crippen LogP contribution in [-0.4, -0.2) is 16.5 Å². The fourth-order valence-electron chi connectivity index (χ4n) is 2.39. The topological polar surface area (TPSA) is 75.8 Å². The number of amides is 1. The van der Waals surface area contributed by atoms with E-state index < -0.39 is 4.92 Å². The van der Waals surface area contributed by atoms with Crippen molar-refractivity contribution in [1.29, 1.82) is 0 Å². The van der Waals surface area contributed by atoms with Crippen LogP contribution in [0.15, 0.2) is 53.1 Å². The zero-order valence-electron chi connectivity index (χ0n) is 12.9. The van der Waals surface area contributed by atoms with Gasteiger partial charge in [0.1, 0.15) is 5.02 Å². The van der Waals surface area contributed by atoms with Gasteiger partial charge in [0.25, 0.3) is 11.6 Å². The fraction of sp³-hybridized carbons (Fsp3) is 0.0588. The minimum atomic E-state index is -0.569. The van der Waals surface area contributed by atoms with Gasteiger partial charge in [-0.15, -0.1) is 0 Å². The third-order valence-corrected chi connectivity index (χ3v) is 4.15. The number of nitrogens with zero attached hydrogens (tertiary/aromatic N) is 3. The van der Waals surface area contributed by atoms with Gasteiger partial charge in [-0.2, -0.15) is 10.1 Å². The maximum absolute atomic E-state index is 12.7. The quantitative estimate of drug-likeness (QED) is 0.442. The van der Waals surface area contributed by atoms with E-state index >= 15 is 0 Å². The Balaban J connectivity index is 1.98. The molecule has 0 radical (unpaired) electrons. The van der Waals surface area contributed by atoms with Crippen molar-refractivity contribution in [3.05, 3.63) is 73.8 Å². The van der Waals surface area contributed by atoms with E-state index in [4.69, 9.17) is 23.2 Å². The van der Waals surface area contributed by atoms with Crippen LogP contribution in [0.4, 0.5) is 11.4 Å². The van der Waals surface area contributed by atoms with Gasteiger partial charge in [0, 0.05) is 11.1 Å². The highest BCUT2D eigenvalue weighted by Crippen LogP contribution is 2.29. The minimum Gasteiger partial charge on any atom is -0.267 e. The Kier molecular flexibility index (Phi) is 4.57. The molecule has 1 aliphatic heterocycles. The first-order valence-electron chi connectivity index (χ1n) is 7.18. The average molecular weight is 376 g/mol. The highest BCUT2D eigenvalue weighted by Gasteiger charge is 2.29. The van der Waals surface area contributed by atoms with Crippen LogP contribution in [0.1, 0.15) is 12.5 Å². The van der Waals surface area contributed by atoms with Crippen LogP contribution in [0.25, 0.3) is 6.08 Å². The van der Waals surface area contributed by atoms with E-state index in [1.807, 2.05) is 0 Å². The number of carbonyl (C=O) groups is 1. The van der Waals surface area contributed by atoms with Crippen molar-refractivity contribution < 1.29 is 9.72 Å². The van der Waals surface area contributed by atoms with Crippen LogP contribution < -0.4 is 5.01 Å². The molecule has 0 spiro atoms. The molecule has 0 atom stereocenters. The summed E-state index contributed by atoms with van der Waals surface area (Å²) < 4.78 is 0. The van der Waals surface area contributed by atoms with Gasteiger partial charge in [-0.05, 0) is 42.8 Å².